The smallest absolute Gasteiger partial charge is 0.255 e. The molecule has 0 amide bonds. The Hall–Kier alpha value is -2.57. The third kappa shape index (κ3) is 3.31. The lowest BCUT2D eigenvalue weighted by atomic mass is 10.1. The van der Waals surface area contributed by atoms with Crippen LogP contribution in [0.1, 0.15) is 16.8 Å². The molecular weight excluding hydrogens is 338 g/mol. The van der Waals surface area contributed by atoms with E-state index in [0.717, 1.165) is 34.8 Å². The van der Waals surface area contributed by atoms with Crippen LogP contribution >= 0.6 is 11.6 Å². The Kier molecular flexibility index (Phi) is 4.29. The molecular formula is C18H16ClN5O. The molecule has 3 aromatic rings. The number of benzene rings is 1. The first kappa shape index (κ1) is 15.9. The fourth-order valence-corrected chi connectivity index (χ4v) is 3.24. The summed E-state index contributed by atoms with van der Waals surface area (Å²) in [6, 6.07) is 7.79. The number of aromatic nitrogens is 4. The maximum absolute atomic E-state index is 12.5. The second kappa shape index (κ2) is 6.74. The SMILES string of the molecule is O=c1[nH]c(-c2cncnc2)nc2c1CN(Cc1ccccc1Cl)CC2. The topological polar surface area (TPSA) is 74.8 Å². The number of rotatable bonds is 3. The number of aromatic amines is 1. The van der Waals surface area contributed by atoms with Crippen LogP contribution in [-0.4, -0.2) is 31.4 Å². The predicted octanol–water partition coefficient (Wildman–Crippen LogP) is 2.44. The first-order chi connectivity index (χ1) is 12.2. The Labute approximate surface area is 149 Å². The van der Waals surface area contributed by atoms with Crippen molar-refractivity contribution in [2.24, 2.45) is 0 Å². The minimum Gasteiger partial charge on any atom is -0.306 e. The number of hydrogen-bond acceptors (Lipinski definition) is 5. The fraction of sp³-hybridized carbons (Fsp3) is 0.222. The molecule has 126 valence electrons. The molecule has 0 atom stereocenters. The van der Waals surface area contributed by atoms with Crippen molar-refractivity contribution in [3.63, 3.8) is 0 Å². The Morgan fingerprint density at radius 2 is 2.00 bits per heavy atom. The van der Waals surface area contributed by atoms with E-state index in [1.165, 1.54) is 6.33 Å². The van der Waals surface area contributed by atoms with Crippen LogP contribution in [0.15, 0.2) is 47.8 Å². The number of nitrogens with zero attached hydrogens (tertiary/aromatic N) is 4. The molecule has 1 aliphatic heterocycles. The first-order valence-corrected chi connectivity index (χ1v) is 8.42. The Bertz CT molecular complexity index is 957. The van der Waals surface area contributed by atoms with E-state index >= 15 is 0 Å². The fourth-order valence-electron chi connectivity index (χ4n) is 3.04. The van der Waals surface area contributed by atoms with Crippen molar-refractivity contribution < 1.29 is 0 Å². The summed E-state index contributed by atoms with van der Waals surface area (Å²) < 4.78 is 0. The van der Waals surface area contributed by atoms with Crippen molar-refractivity contribution >= 4 is 11.6 Å². The summed E-state index contributed by atoms with van der Waals surface area (Å²) in [6.07, 6.45) is 5.46. The number of fused-ring (bicyclic) bond motifs is 1. The number of hydrogen-bond donors (Lipinski definition) is 1. The standard InChI is InChI=1S/C18H16ClN5O/c19-15-4-2-1-3-12(15)9-24-6-5-16-14(10-24)18(25)23-17(22-16)13-7-20-11-21-8-13/h1-4,7-8,11H,5-6,9-10H2,(H,22,23,25). The largest absolute Gasteiger partial charge is 0.306 e. The Morgan fingerprint density at radius 1 is 1.20 bits per heavy atom. The van der Waals surface area contributed by atoms with Crippen molar-refractivity contribution in [1.82, 2.24) is 24.8 Å². The van der Waals surface area contributed by atoms with Crippen molar-refractivity contribution in [3.8, 4) is 11.4 Å². The Balaban J connectivity index is 1.60. The molecule has 3 heterocycles. The Morgan fingerprint density at radius 3 is 2.80 bits per heavy atom. The maximum atomic E-state index is 12.5. The third-order valence-electron chi connectivity index (χ3n) is 4.33. The molecule has 1 N–H and O–H groups in total. The molecule has 0 radical (unpaired) electrons. The number of nitrogens with one attached hydrogen (secondary N) is 1. The molecule has 1 aromatic carbocycles. The zero-order valence-electron chi connectivity index (χ0n) is 13.4. The normalized spacial score (nSPS) is 14.3. The highest BCUT2D eigenvalue weighted by Crippen LogP contribution is 2.22. The monoisotopic (exact) mass is 353 g/mol. The van der Waals surface area contributed by atoms with Gasteiger partial charge < -0.3 is 4.98 Å². The van der Waals surface area contributed by atoms with Gasteiger partial charge in [-0.1, -0.05) is 29.8 Å². The van der Waals surface area contributed by atoms with E-state index in [0.29, 0.717) is 24.5 Å². The van der Waals surface area contributed by atoms with E-state index < -0.39 is 0 Å². The summed E-state index contributed by atoms with van der Waals surface area (Å²) >= 11 is 6.24. The molecule has 0 spiro atoms. The van der Waals surface area contributed by atoms with Gasteiger partial charge in [0.15, 0.2) is 0 Å². The first-order valence-electron chi connectivity index (χ1n) is 8.04. The lowest BCUT2D eigenvalue weighted by molar-refractivity contribution is 0.242. The molecule has 0 unspecified atom stereocenters. The lowest BCUT2D eigenvalue weighted by Gasteiger charge is -2.28. The molecule has 0 fully saturated rings. The van der Waals surface area contributed by atoms with Crippen molar-refractivity contribution in [2.75, 3.05) is 6.54 Å². The highest BCUT2D eigenvalue weighted by molar-refractivity contribution is 6.31. The molecule has 0 saturated heterocycles. The molecule has 0 aliphatic carbocycles. The van der Waals surface area contributed by atoms with Gasteiger partial charge in [0, 0.05) is 43.5 Å². The van der Waals surface area contributed by atoms with Crippen LogP contribution in [-0.2, 0) is 19.5 Å². The second-order valence-corrected chi connectivity index (χ2v) is 6.43. The predicted molar refractivity (Wildman–Crippen MR) is 95.2 cm³/mol. The molecule has 0 saturated carbocycles. The van der Waals surface area contributed by atoms with E-state index in [-0.39, 0.29) is 5.56 Å². The summed E-state index contributed by atoms with van der Waals surface area (Å²) in [7, 11) is 0. The van der Waals surface area contributed by atoms with Gasteiger partial charge in [-0.2, -0.15) is 0 Å². The van der Waals surface area contributed by atoms with Crippen LogP contribution in [0, 0.1) is 0 Å². The minimum absolute atomic E-state index is 0.104. The van der Waals surface area contributed by atoms with Gasteiger partial charge in [-0.15, -0.1) is 0 Å². The average molecular weight is 354 g/mol. The zero-order chi connectivity index (χ0) is 17.2. The highest BCUT2D eigenvalue weighted by Gasteiger charge is 2.22. The summed E-state index contributed by atoms with van der Waals surface area (Å²) in [5.74, 6) is 0.518. The van der Waals surface area contributed by atoms with E-state index in [9.17, 15) is 4.79 Å². The van der Waals surface area contributed by atoms with Crippen LogP contribution < -0.4 is 5.56 Å². The molecule has 25 heavy (non-hydrogen) atoms. The molecule has 2 aromatic heterocycles. The van der Waals surface area contributed by atoms with Crippen molar-refractivity contribution in [2.45, 2.75) is 19.5 Å². The van der Waals surface area contributed by atoms with Gasteiger partial charge >= 0.3 is 0 Å². The van der Waals surface area contributed by atoms with Crippen LogP contribution in [0.3, 0.4) is 0 Å². The second-order valence-electron chi connectivity index (χ2n) is 6.02. The van der Waals surface area contributed by atoms with Crippen LogP contribution in [0.4, 0.5) is 0 Å². The van der Waals surface area contributed by atoms with Crippen LogP contribution in [0.2, 0.25) is 5.02 Å². The maximum Gasteiger partial charge on any atom is 0.255 e. The zero-order valence-corrected chi connectivity index (χ0v) is 14.2. The molecule has 7 heteroatoms. The average Bonchev–Trinajstić information content (AvgIpc) is 2.65. The number of H-pyrrole nitrogens is 1. The molecule has 0 bridgehead atoms. The minimum atomic E-state index is -0.104. The van der Waals surface area contributed by atoms with E-state index in [1.54, 1.807) is 12.4 Å². The highest BCUT2D eigenvalue weighted by atomic mass is 35.5. The van der Waals surface area contributed by atoms with Gasteiger partial charge in [0.05, 0.1) is 16.8 Å². The summed E-state index contributed by atoms with van der Waals surface area (Å²) in [6.45, 7) is 2.11. The quantitative estimate of drug-likeness (QED) is 0.782. The van der Waals surface area contributed by atoms with Crippen LogP contribution in [0.25, 0.3) is 11.4 Å². The van der Waals surface area contributed by atoms with Gasteiger partial charge in [-0.3, -0.25) is 9.69 Å². The van der Waals surface area contributed by atoms with Gasteiger partial charge in [0.2, 0.25) is 0 Å². The lowest BCUT2D eigenvalue weighted by Crippen LogP contribution is -2.35. The third-order valence-corrected chi connectivity index (χ3v) is 4.70. The van der Waals surface area contributed by atoms with Gasteiger partial charge in [0.25, 0.3) is 5.56 Å². The summed E-state index contributed by atoms with van der Waals surface area (Å²) in [4.78, 5) is 30.2. The molecule has 4 rings (SSSR count). The summed E-state index contributed by atoms with van der Waals surface area (Å²) in [5.41, 5.74) is 3.24. The number of halogens is 1. The van der Waals surface area contributed by atoms with Crippen molar-refractivity contribution in [1.29, 1.82) is 0 Å². The van der Waals surface area contributed by atoms with Gasteiger partial charge in [-0.05, 0) is 11.6 Å². The van der Waals surface area contributed by atoms with Gasteiger partial charge in [0.1, 0.15) is 12.2 Å². The summed E-state index contributed by atoms with van der Waals surface area (Å²) in [5, 5.41) is 0.750. The van der Waals surface area contributed by atoms with Crippen molar-refractivity contribution in [3.05, 3.63) is 75.2 Å². The van der Waals surface area contributed by atoms with Crippen LogP contribution in [0.5, 0.6) is 0 Å². The van der Waals surface area contributed by atoms with E-state index in [4.69, 9.17) is 11.6 Å². The van der Waals surface area contributed by atoms with Gasteiger partial charge in [-0.25, -0.2) is 15.0 Å². The van der Waals surface area contributed by atoms with E-state index in [2.05, 4.69) is 24.8 Å². The molecule has 1 aliphatic rings. The molecule has 6 nitrogen and oxygen atoms in total. The van der Waals surface area contributed by atoms with E-state index in [1.807, 2.05) is 24.3 Å².